The van der Waals surface area contributed by atoms with Gasteiger partial charge in [0, 0.05) is 0 Å². The Morgan fingerprint density at radius 1 is 1.60 bits per heavy atom. The van der Waals surface area contributed by atoms with Gasteiger partial charge in [0.1, 0.15) is 5.52 Å². The van der Waals surface area contributed by atoms with Gasteiger partial charge in [0.2, 0.25) is 5.95 Å². The summed E-state index contributed by atoms with van der Waals surface area (Å²) in [5.41, 5.74) is 0.0652. The zero-order valence-electron chi connectivity index (χ0n) is 8.23. The monoisotopic (exact) mass is 205 g/mol. The summed E-state index contributed by atoms with van der Waals surface area (Å²) in [4.78, 5) is 15.0. The zero-order chi connectivity index (χ0) is 10.9. The summed E-state index contributed by atoms with van der Waals surface area (Å²) < 4.78 is 0. The van der Waals surface area contributed by atoms with Crippen LogP contribution < -0.4 is 5.32 Å². The van der Waals surface area contributed by atoms with Crippen LogP contribution in [-0.4, -0.2) is 30.8 Å². The Morgan fingerprint density at radius 3 is 3.13 bits per heavy atom. The first-order valence-corrected chi connectivity index (χ1v) is 4.41. The average molecular weight is 205 g/mol. The van der Waals surface area contributed by atoms with Gasteiger partial charge in [0.15, 0.2) is 11.4 Å². The van der Waals surface area contributed by atoms with Crippen LogP contribution in [0.25, 0.3) is 11.2 Å². The Balaban J connectivity index is 2.32. The van der Waals surface area contributed by atoms with Crippen LogP contribution in [0.5, 0.6) is 0 Å². The Bertz CT molecular complexity index is 490. The molecule has 0 aliphatic rings. The molecule has 2 aromatic rings. The Labute approximate surface area is 86.1 Å². The van der Waals surface area contributed by atoms with Gasteiger partial charge in [0.05, 0.1) is 12.5 Å². The molecule has 15 heavy (non-hydrogen) atoms. The van der Waals surface area contributed by atoms with E-state index in [0.29, 0.717) is 11.6 Å². The van der Waals surface area contributed by atoms with Crippen LogP contribution in [0.2, 0.25) is 0 Å². The second kappa shape index (κ2) is 3.32. The number of rotatable bonds is 3. The molecule has 0 spiro atoms. The summed E-state index contributed by atoms with van der Waals surface area (Å²) in [5, 5.41) is 12.4. The molecule has 6 heteroatoms. The normalized spacial score (nSPS) is 14.8. The summed E-state index contributed by atoms with van der Waals surface area (Å²) in [6, 6.07) is 0. The van der Waals surface area contributed by atoms with E-state index in [4.69, 9.17) is 0 Å². The number of imidazole rings is 1. The first-order valence-electron chi connectivity index (χ1n) is 4.41. The molecule has 0 saturated heterocycles. The molecule has 1 unspecified atom stereocenters. The van der Waals surface area contributed by atoms with E-state index in [2.05, 4.69) is 31.8 Å². The number of fused-ring (bicyclic) bond motifs is 1. The highest BCUT2D eigenvalue weighted by Crippen LogP contribution is 2.11. The van der Waals surface area contributed by atoms with Crippen molar-refractivity contribution >= 4 is 17.1 Å². The van der Waals surface area contributed by atoms with E-state index in [1.165, 1.54) is 12.4 Å². The van der Waals surface area contributed by atoms with E-state index in [9.17, 15) is 5.11 Å². The molecule has 0 aromatic carbocycles. The smallest absolute Gasteiger partial charge is 0.227 e. The summed E-state index contributed by atoms with van der Waals surface area (Å²) >= 11 is 0. The van der Waals surface area contributed by atoms with Gasteiger partial charge in [-0.3, -0.25) is 0 Å². The van der Waals surface area contributed by atoms with E-state index in [0.717, 1.165) is 5.52 Å². The van der Waals surface area contributed by atoms with E-state index in [-0.39, 0.29) is 0 Å². The molecular weight excluding hydrogens is 194 g/mol. The second-order valence-corrected chi connectivity index (χ2v) is 3.31. The fourth-order valence-electron chi connectivity index (χ4n) is 1.07. The molecule has 0 amide bonds. The molecule has 0 fully saturated rings. The molecule has 2 aromatic heterocycles. The van der Waals surface area contributed by atoms with E-state index in [1.807, 2.05) is 0 Å². The molecule has 0 saturated carbocycles. The van der Waals surface area contributed by atoms with Crippen LogP contribution in [-0.2, 0) is 0 Å². The second-order valence-electron chi connectivity index (χ2n) is 3.31. The Kier molecular flexibility index (Phi) is 2.12. The lowest BCUT2D eigenvalue weighted by Crippen LogP contribution is -2.32. The van der Waals surface area contributed by atoms with Gasteiger partial charge in [-0.25, -0.2) is 9.97 Å². The van der Waals surface area contributed by atoms with Crippen LogP contribution >= 0.6 is 0 Å². The Morgan fingerprint density at radius 2 is 2.40 bits per heavy atom. The number of aromatic nitrogens is 4. The average Bonchev–Trinajstić information content (AvgIpc) is 2.64. The first kappa shape index (κ1) is 9.60. The van der Waals surface area contributed by atoms with Crippen LogP contribution in [0.4, 0.5) is 5.95 Å². The fourth-order valence-corrected chi connectivity index (χ4v) is 1.07. The molecule has 0 aliphatic heterocycles. The molecule has 6 nitrogen and oxygen atoms in total. The van der Waals surface area contributed by atoms with Crippen molar-refractivity contribution in [1.29, 1.82) is 0 Å². The lowest BCUT2D eigenvalue weighted by atomic mass is 10.3. The fraction of sp³-hybridized carbons (Fsp3) is 0.222. The van der Waals surface area contributed by atoms with Crippen molar-refractivity contribution < 1.29 is 5.11 Å². The number of anilines is 1. The van der Waals surface area contributed by atoms with Crippen LogP contribution in [0, 0.1) is 0 Å². The van der Waals surface area contributed by atoms with E-state index < -0.39 is 5.72 Å². The molecule has 0 bridgehead atoms. The number of aliphatic hydroxyl groups is 1. The maximum Gasteiger partial charge on any atom is 0.227 e. The third-order valence-electron chi connectivity index (χ3n) is 1.94. The maximum absolute atomic E-state index is 9.66. The molecule has 2 heterocycles. The predicted octanol–water partition coefficient (Wildman–Crippen LogP) is 0.659. The van der Waals surface area contributed by atoms with Gasteiger partial charge in [-0.05, 0) is 13.0 Å². The van der Waals surface area contributed by atoms with Gasteiger partial charge in [-0.15, -0.1) is 0 Å². The SMILES string of the molecule is C=CC(C)(O)Nc1ncc2[nH]cnc2n1. The van der Waals surface area contributed by atoms with Crippen LogP contribution in [0.3, 0.4) is 0 Å². The van der Waals surface area contributed by atoms with Crippen LogP contribution in [0.15, 0.2) is 25.2 Å². The van der Waals surface area contributed by atoms with E-state index in [1.54, 1.807) is 13.1 Å². The molecule has 3 N–H and O–H groups in total. The van der Waals surface area contributed by atoms with Crippen molar-refractivity contribution in [3.8, 4) is 0 Å². The first-order chi connectivity index (χ1) is 7.11. The van der Waals surface area contributed by atoms with Gasteiger partial charge in [-0.1, -0.05) is 6.58 Å². The topological polar surface area (TPSA) is 86.7 Å². The minimum Gasteiger partial charge on any atom is -0.368 e. The van der Waals surface area contributed by atoms with Crippen molar-refractivity contribution in [2.75, 3.05) is 5.32 Å². The third-order valence-corrected chi connectivity index (χ3v) is 1.94. The standard InChI is InChI=1S/C9H11N5O/c1-3-9(2,15)14-8-10-4-6-7(13-8)12-5-11-6/h3-5,15H,1H2,2H3,(H2,10,11,12,13,14). The summed E-state index contributed by atoms with van der Waals surface area (Å²) in [5.74, 6) is 0.305. The number of aromatic amines is 1. The minimum atomic E-state index is -1.23. The van der Waals surface area contributed by atoms with Gasteiger partial charge < -0.3 is 15.4 Å². The number of hydrogen-bond donors (Lipinski definition) is 3. The van der Waals surface area contributed by atoms with Crippen molar-refractivity contribution in [3.63, 3.8) is 0 Å². The van der Waals surface area contributed by atoms with Crippen LogP contribution in [0.1, 0.15) is 6.92 Å². The number of nitrogens with zero attached hydrogens (tertiary/aromatic N) is 3. The quantitative estimate of drug-likeness (QED) is 0.506. The van der Waals surface area contributed by atoms with Gasteiger partial charge in [0.25, 0.3) is 0 Å². The highest BCUT2D eigenvalue weighted by Gasteiger charge is 2.16. The van der Waals surface area contributed by atoms with E-state index >= 15 is 0 Å². The molecule has 2 rings (SSSR count). The van der Waals surface area contributed by atoms with Gasteiger partial charge in [-0.2, -0.15) is 4.98 Å². The lowest BCUT2D eigenvalue weighted by molar-refractivity contribution is 0.142. The number of H-pyrrole nitrogens is 1. The number of nitrogens with one attached hydrogen (secondary N) is 2. The number of hydrogen-bond acceptors (Lipinski definition) is 5. The molecule has 78 valence electrons. The third kappa shape index (κ3) is 1.94. The van der Waals surface area contributed by atoms with Crippen molar-refractivity contribution in [3.05, 3.63) is 25.2 Å². The highest BCUT2D eigenvalue weighted by atomic mass is 16.3. The summed E-state index contributed by atoms with van der Waals surface area (Å²) in [6.45, 7) is 5.04. The summed E-state index contributed by atoms with van der Waals surface area (Å²) in [7, 11) is 0. The lowest BCUT2D eigenvalue weighted by Gasteiger charge is -2.19. The molecule has 1 atom stereocenters. The predicted molar refractivity (Wildman–Crippen MR) is 56.1 cm³/mol. The minimum absolute atomic E-state index is 0.305. The van der Waals surface area contributed by atoms with Crippen molar-refractivity contribution in [1.82, 2.24) is 19.9 Å². The Hall–Kier alpha value is -1.95. The van der Waals surface area contributed by atoms with Crippen molar-refractivity contribution in [2.24, 2.45) is 0 Å². The molecule has 0 radical (unpaired) electrons. The zero-order valence-corrected chi connectivity index (χ0v) is 8.23. The summed E-state index contributed by atoms with van der Waals surface area (Å²) in [6.07, 6.45) is 4.50. The highest BCUT2D eigenvalue weighted by molar-refractivity contribution is 5.69. The molecular formula is C9H11N5O. The maximum atomic E-state index is 9.66. The largest absolute Gasteiger partial charge is 0.368 e. The molecule has 0 aliphatic carbocycles. The van der Waals surface area contributed by atoms with Crippen molar-refractivity contribution in [2.45, 2.75) is 12.6 Å². The van der Waals surface area contributed by atoms with Gasteiger partial charge >= 0.3 is 0 Å².